The number of carbonyl (C=O) groups excluding carboxylic acids is 1. The van der Waals surface area contributed by atoms with Crippen LogP contribution >= 0.6 is 11.3 Å². The highest BCUT2D eigenvalue weighted by atomic mass is 32.2. The Morgan fingerprint density at radius 1 is 1.12 bits per heavy atom. The number of hydrogen-bond acceptors (Lipinski definition) is 11. The summed E-state index contributed by atoms with van der Waals surface area (Å²) < 4.78 is 27.5. The Morgan fingerprint density at radius 2 is 1.90 bits per heavy atom. The Labute approximate surface area is 238 Å². The third-order valence-corrected chi connectivity index (χ3v) is 10.1. The molecule has 2 aliphatic rings. The molecule has 2 aliphatic heterocycles. The Bertz CT molecular complexity index is 1880. The highest BCUT2D eigenvalue weighted by molar-refractivity contribution is 7.91. The Balaban J connectivity index is 1.28. The maximum Gasteiger partial charge on any atom is 0.276 e. The van der Waals surface area contributed by atoms with E-state index in [0.29, 0.717) is 29.7 Å². The number of aromatic nitrogens is 8. The van der Waals surface area contributed by atoms with Gasteiger partial charge in [0.2, 0.25) is 0 Å². The largest absolute Gasteiger partial charge is 0.382 e. The van der Waals surface area contributed by atoms with Crippen molar-refractivity contribution >= 4 is 38.5 Å². The molecule has 3 atom stereocenters. The molecule has 5 aromatic rings. The smallest absolute Gasteiger partial charge is 0.276 e. The third kappa shape index (κ3) is 4.26. The van der Waals surface area contributed by atoms with Crippen LogP contribution in [-0.4, -0.2) is 77.5 Å². The van der Waals surface area contributed by atoms with E-state index in [1.807, 2.05) is 29.3 Å². The first kappa shape index (κ1) is 25.7. The van der Waals surface area contributed by atoms with Crippen molar-refractivity contribution in [1.82, 2.24) is 44.9 Å². The first-order valence-corrected chi connectivity index (χ1v) is 15.9. The van der Waals surface area contributed by atoms with Crippen LogP contribution in [0.15, 0.2) is 41.0 Å². The Morgan fingerprint density at radius 3 is 2.51 bits per heavy atom. The highest BCUT2D eigenvalue weighted by Gasteiger charge is 2.46. The normalized spacial score (nSPS) is 20.6. The summed E-state index contributed by atoms with van der Waals surface area (Å²) in [6.45, 7) is 1.94. The average molecular weight is 591 g/mol. The molecule has 5 aromatic heterocycles. The second-order valence-corrected chi connectivity index (χ2v) is 13.4. The summed E-state index contributed by atoms with van der Waals surface area (Å²) in [5.74, 6) is -0.352. The maximum absolute atomic E-state index is 13.2. The minimum atomic E-state index is -3.74. The van der Waals surface area contributed by atoms with Gasteiger partial charge in [0, 0.05) is 52.7 Å². The van der Waals surface area contributed by atoms with E-state index >= 15 is 0 Å². The molecule has 2 fully saturated rings. The zero-order valence-corrected chi connectivity index (χ0v) is 23.9. The van der Waals surface area contributed by atoms with E-state index in [1.54, 1.807) is 12.4 Å². The number of piperidine rings is 1. The SMILES string of the molecule is Cc1csc(-c2ccc(-c3cnn4c(N)c(S(C)(=O)=O)c(C5C[C@H]6CC[C@@H](C5)N6C(=O)c5cn[nH]n5)nc34)cn2)n1. The maximum atomic E-state index is 13.2. The van der Waals surface area contributed by atoms with Crippen LogP contribution in [0.2, 0.25) is 0 Å². The number of thiazole rings is 1. The molecule has 210 valence electrons. The number of rotatable bonds is 5. The Hall–Kier alpha value is -4.24. The van der Waals surface area contributed by atoms with E-state index in [9.17, 15) is 13.2 Å². The quantitative estimate of drug-likeness (QED) is 0.309. The van der Waals surface area contributed by atoms with Gasteiger partial charge in [0.1, 0.15) is 15.7 Å². The van der Waals surface area contributed by atoms with Crippen molar-refractivity contribution in [2.24, 2.45) is 0 Å². The first-order valence-electron chi connectivity index (χ1n) is 13.1. The van der Waals surface area contributed by atoms with Gasteiger partial charge in [-0.3, -0.25) is 9.78 Å². The first-order chi connectivity index (χ1) is 19.7. The molecule has 41 heavy (non-hydrogen) atoms. The van der Waals surface area contributed by atoms with Gasteiger partial charge in [-0.1, -0.05) is 6.07 Å². The van der Waals surface area contributed by atoms with Gasteiger partial charge in [-0.15, -0.1) is 11.3 Å². The van der Waals surface area contributed by atoms with Gasteiger partial charge >= 0.3 is 0 Å². The van der Waals surface area contributed by atoms with Crippen molar-refractivity contribution in [1.29, 1.82) is 0 Å². The van der Waals surface area contributed by atoms with Gasteiger partial charge in [-0.05, 0) is 38.7 Å². The standard InChI is InChI=1S/C26H26N10O3S2/c1-13-12-40-25(31-13)19-6-3-14(9-28-19)18-10-30-36-23(27)22(41(2,38)39)21(32-24(18)36)15-7-16-4-5-17(8-15)35(16)26(37)20-11-29-34-33-20/h3,6,9-12,15-17H,4-5,7-8,27H2,1-2H3,(H,29,33,34)/t15?,16-,17+. The molecular formula is C26H26N10O3S2. The number of H-pyrrole nitrogens is 1. The summed E-state index contributed by atoms with van der Waals surface area (Å²) in [6, 6.07) is 3.69. The molecule has 0 aromatic carbocycles. The average Bonchev–Trinajstić information content (AvgIpc) is 3.74. The number of anilines is 1. The molecule has 7 rings (SSSR count). The molecule has 0 aliphatic carbocycles. The molecular weight excluding hydrogens is 564 g/mol. The number of aromatic amines is 1. The van der Waals surface area contributed by atoms with Gasteiger partial charge in [-0.2, -0.15) is 25.0 Å². The van der Waals surface area contributed by atoms with Crippen LogP contribution in [0, 0.1) is 6.92 Å². The van der Waals surface area contributed by atoms with Crippen LogP contribution in [0.4, 0.5) is 5.82 Å². The van der Waals surface area contributed by atoms with Crippen LogP contribution in [-0.2, 0) is 9.84 Å². The lowest BCUT2D eigenvalue weighted by molar-refractivity contribution is 0.0562. The minimum absolute atomic E-state index is 0.00654. The molecule has 7 heterocycles. The molecule has 0 spiro atoms. The van der Waals surface area contributed by atoms with Crippen molar-refractivity contribution < 1.29 is 13.2 Å². The number of sulfone groups is 1. The molecule has 2 saturated heterocycles. The predicted molar refractivity (Wildman–Crippen MR) is 151 cm³/mol. The van der Waals surface area contributed by atoms with Crippen molar-refractivity contribution in [3.05, 3.63) is 53.2 Å². The molecule has 13 nitrogen and oxygen atoms in total. The van der Waals surface area contributed by atoms with Crippen molar-refractivity contribution in [3.63, 3.8) is 0 Å². The van der Waals surface area contributed by atoms with E-state index in [0.717, 1.165) is 41.1 Å². The molecule has 0 radical (unpaired) electrons. The van der Waals surface area contributed by atoms with Crippen molar-refractivity contribution in [3.8, 4) is 21.8 Å². The molecule has 0 saturated carbocycles. The van der Waals surface area contributed by atoms with Gasteiger partial charge < -0.3 is 10.6 Å². The third-order valence-electron chi connectivity index (χ3n) is 7.94. The number of amides is 1. The van der Waals surface area contributed by atoms with Crippen LogP contribution in [0.3, 0.4) is 0 Å². The molecule has 15 heteroatoms. The number of pyridine rings is 1. The summed E-state index contributed by atoms with van der Waals surface area (Å²) in [5.41, 5.74) is 10.8. The lowest BCUT2D eigenvalue weighted by atomic mass is 9.87. The number of fused-ring (bicyclic) bond motifs is 3. The van der Waals surface area contributed by atoms with E-state index in [4.69, 9.17) is 10.7 Å². The van der Waals surface area contributed by atoms with Crippen LogP contribution in [0.25, 0.3) is 27.5 Å². The second-order valence-electron chi connectivity index (χ2n) is 10.6. The minimum Gasteiger partial charge on any atom is -0.382 e. The number of nitrogen functional groups attached to an aromatic ring is 1. The number of hydrogen-bond donors (Lipinski definition) is 2. The molecule has 1 amide bonds. The fourth-order valence-corrected chi connectivity index (χ4v) is 8.03. The van der Waals surface area contributed by atoms with Gasteiger partial charge in [-0.25, -0.2) is 18.4 Å². The number of carbonyl (C=O) groups is 1. The summed E-state index contributed by atoms with van der Waals surface area (Å²) in [6.07, 6.45) is 8.71. The van der Waals surface area contributed by atoms with Gasteiger partial charge in [0.15, 0.2) is 21.2 Å². The van der Waals surface area contributed by atoms with Gasteiger partial charge in [0.25, 0.3) is 5.91 Å². The summed E-state index contributed by atoms with van der Waals surface area (Å²) in [5, 5.41) is 17.4. The lowest BCUT2D eigenvalue weighted by Gasteiger charge is -2.38. The predicted octanol–water partition coefficient (Wildman–Crippen LogP) is 2.88. The van der Waals surface area contributed by atoms with Crippen LogP contribution in [0.5, 0.6) is 0 Å². The molecule has 1 unspecified atom stereocenters. The zero-order valence-electron chi connectivity index (χ0n) is 22.2. The summed E-state index contributed by atoms with van der Waals surface area (Å²) in [7, 11) is -3.74. The van der Waals surface area contributed by atoms with E-state index in [-0.39, 0.29) is 40.3 Å². The van der Waals surface area contributed by atoms with Crippen molar-refractivity contribution in [2.45, 2.75) is 55.5 Å². The summed E-state index contributed by atoms with van der Waals surface area (Å²) in [4.78, 5) is 29.1. The monoisotopic (exact) mass is 590 g/mol. The highest BCUT2D eigenvalue weighted by Crippen LogP contribution is 2.45. The Kier molecular flexibility index (Phi) is 5.90. The van der Waals surface area contributed by atoms with Crippen molar-refractivity contribution in [2.75, 3.05) is 12.0 Å². The van der Waals surface area contributed by atoms with E-state index in [1.165, 1.54) is 22.0 Å². The number of nitrogens with zero attached hydrogens (tertiary/aromatic N) is 8. The number of nitrogens with two attached hydrogens (primary N) is 1. The molecule has 2 bridgehead atoms. The second kappa shape index (κ2) is 9.41. The fourth-order valence-electron chi connectivity index (χ4n) is 6.20. The lowest BCUT2D eigenvalue weighted by Crippen LogP contribution is -2.46. The number of aryl methyl sites for hydroxylation is 1. The molecule has 3 N–H and O–H groups in total. The van der Waals surface area contributed by atoms with Crippen LogP contribution in [0.1, 0.15) is 53.5 Å². The van der Waals surface area contributed by atoms with E-state index < -0.39 is 9.84 Å². The fraction of sp³-hybridized carbons (Fsp3) is 0.346. The number of nitrogens with one attached hydrogen (secondary N) is 1. The van der Waals surface area contributed by atoms with Gasteiger partial charge in [0.05, 0.1) is 23.8 Å². The topological polar surface area (TPSA) is 178 Å². The van der Waals surface area contributed by atoms with Crippen LogP contribution < -0.4 is 5.73 Å². The van der Waals surface area contributed by atoms with E-state index in [2.05, 4.69) is 30.5 Å². The summed E-state index contributed by atoms with van der Waals surface area (Å²) >= 11 is 1.53. The zero-order chi connectivity index (χ0) is 28.5.